The molecule has 0 aliphatic rings. The van der Waals surface area contributed by atoms with Crippen molar-refractivity contribution in [1.82, 2.24) is 4.72 Å². The van der Waals surface area contributed by atoms with Crippen molar-refractivity contribution >= 4 is 11.3 Å². The molecule has 0 saturated heterocycles. The number of hydrogen-bond donors (Lipinski definition) is 1. The monoisotopic (exact) mass is 263 g/mol. The fraction of sp³-hybridized carbons (Fsp3) is 0.750. The van der Waals surface area contributed by atoms with E-state index in [-0.39, 0.29) is 31.1 Å². The number of hydrogen-bond acceptors (Lipinski definition) is 3. The van der Waals surface area contributed by atoms with Crippen molar-refractivity contribution < 1.29 is 55.4 Å². The Hall–Kier alpha value is -0.263. The van der Waals surface area contributed by atoms with Crippen LogP contribution in [0.1, 0.15) is 1.43 Å². The second kappa shape index (κ2) is 5.38. The first-order chi connectivity index (χ1) is 6.48. The van der Waals surface area contributed by atoms with Crippen LogP contribution >= 0.6 is 0 Å². The minimum absolute atomic E-state index is 0. The van der Waals surface area contributed by atoms with Crippen molar-refractivity contribution in [2.45, 2.75) is 17.9 Å². The molecule has 0 spiro atoms. The summed E-state index contributed by atoms with van der Waals surface area (Å²) in [4.78, 5) is 0. The fourth-order valence-corrected chi connectivity index (χ4v) is 1.08. The molecular weight excluding hydrogens is 261 g/mol. The normalized spacial score (nSPS) is 14.9. The third-order valence-electron chi connectivity index (χ3n) is 1.25. The summed E-state index contributed by atoms with van der Waals surface area (Å²) in [6.07, 6.45) is -12.2. The molecule has 0 heterocycles. The second-order valence-electron chi connectivity index (χ2n) is 2.19. The van der Waals surface area contributed by atoms with Gasteiger partial charge in [0.05, 0.1) is 0 Å². The van der Waals surface area contributed by atoms with Crippen molar-refractivity contribution in [3.63, 3.8) is 0 Å². The summed E-state index contributed by atoms with van der Waals surface area (Å²) in [5.41, 5.74) is -5.12. The molecule has 0 saturated carbocycles. The molecule has 0 aliphatic carbocycles. The largest absolute Gasteiger partial charge is 1.00 e. The van der Waals surface area contributed by atoms with Gasteiger partial charge in [0.1, 0.15) is 6.07 Å². The first-order valence-electron chi connectivity index (χ1n) is 2.89. The van der Waals surface area contributed by atoms with Gasteiger partial charge < -0.3 is 5.98 Å². The third-order valence-corrected chi connectivity index (χ3v) is 1.73. The number of alkyl halides is 6. The van der Waals surface area contributed by atoms with Crippen LogP contribution in [0.15, 0.2) is 0 Å². The molecule has 4 nitrogen and oxygen atoms in total. The van der Waals surface area contributed by atoms with E-state index >= 15 is 0 Å². The maximum absolute atomic E-state index is 12.0. The molecular formula is C4H2F6LiN2O2S-. The Balaban J connectivity index is -0.000000980. The number of nitriles is 1. The first kappa shape index (κ1) is 18.1. The van der Waals surface area contributed by atoms with E-state index in [1.54, 1.807) is 0 Å². The Morgan fingerprint density at radius 1 is 1.19 bits per heavy atom. The summed E-state index contributed by atoms with van der Waals surface area (Å²) < 4.78 is 91.5. The van der Waals surface area contributed by atoms with Crippen LogP contribution in [0.4, 0.5) is 26.3 Å². The van der Waals surface area contributed by atoms with E-state index in [0.29, 0.717) is 0 Å². The summed E-state index contributed by atoms with van der Waals surface area (Å²) in [6, 6.07) is -0.127. The average molecular weight is 263 g/mol. The molecule has 0 aliphatic heterocycles. The summed E-state index contributed by atoms with van der Waals surface area (Å²) in [5, 5.41) is 7.87. The Labute approximate surface area is 101 Å². The molecule has 1 unspecified atom stereocenters. The molecule has 16 heavy (non-hydrogen) atoms. The average Bonchev–Trinajstić information content (AvgIpc) is 1.94. The van der Waals surface area contributed by atoms with Crippen LogP contribution < -0.4 is 23.6 Å². The predicted molar refractivity (Wildman–Crippen MR) is 33.6 cm³/mol. The molecule has 0 radical (unpaired) electrons. The Kier molecular flexibility index (Phi) is 6.09. The Morgan fingerprint density at radius 2 is 1.50 bits per heavy atom. The third kappa shape index (κ3) is 3.36. The number of nitrogens with one attached hydrogen (secondary N) is 1. The van der Waals surface area contributed by atoms with Gasteiger partial charge in [-0.25, -0.2) is 4.72 Å². The Morgan fingerprint density at radius 3 is 1.56 bits per heavy atom. The van der Waals surface area contributed by atoms with Crippen LogP contribution in [0.2, 0.25) is 0 Å². The molecule has 0 aromatic heterocycles. The molecule has 90 valence electrons. The summed E-state index contributed by atoms with van der Waals surface area (Å²) in [6.45, 7) is 0. The molecule has 0 rings (SSSR count). The fourth-order valence-electron chi connectivity index (χ4n) is 0.551. The van der Waals surface area contributed by atoms with Gasteiger partial charge >= 0.3 is 36.8 Å². The van der Waals surface area contributed by atoms with Gasteiger partial charge in [-0.15, -0.1) is 0 Å². The number of nitrogens with zero attached hydrogens (tertiary/aromatic N) is 1. The van der Waals surface area contributed by atoms with E-state index < -0.39 is 29.2 Å². The zero-order valence-electron chi connectivity index (χ0n) is 8.44. The van der Waals surface area contributed by atoms with Gasteiger partial charge in [-0.05, 0) is 0 Å². The van der Waals surface area contributed by atoms with Crippen LogP contribution in [-0.2, 0) is 11.3 Å². The molecule has 0 bridgehead atoms. The first-order valence-corrected chi connectivity index (χ1v) is 3.97. The predicted octanol–water partition coefficient (Wildman–Crippen LogP) is -2.13. The van der Waals surface area contributed by atoms with E-state index in [1.165, 1.54) is 0 Å². The molecule has 1 N–H and O–H groups in total. The molecule has 1 atom stereocenters. The van der Waals surface area contributed by atoms with E-state index in [1.807, 2.05) is 0 Å². The van der Waals surface area contributed by atoms with Gasteiger partial charge in [0, 0.05) is 11.3 Å². The maximum Gasteiger partial charge on any atom is 1.00 e. The van der Waals surface area contributed by atoms with Crippen LogP contribution in [0, 0.1) is 11.3 Å². The minimum atomic E-state index is -6.11. The number of halogens is 6. The van der Waals surface area contributed by atoms with Gasteiger partial charge in [0.25, 0.3) is 0 Å². The van der Waals surface area contributed by atoms with Crippen molar-refractivity contribution in [3.8, 4) is 6.07 Å². The molecule has 12 heteroatoms. The van der Waals surface area contributed by atoms with Gasteiger partial charge in [-0.2, -0.15) is 31.6 Å². The van der Waals surface area contributed by atoms with E-state index in [4.69, 9.17) is 5.26 Å². The van der Waals surface area contributed by atoms with Crippen LogP contribution in [0.25, 0.3) is 0 Å². The zero-order chi connectivity index (χ0) is 12.5. The zero-order valence-corrected chi connectivity index (χ0v) is 8.26. The minimum Gasteiger partial charge on any atom is -1.00 e. The second-order valence-corrected chi connectivity index (χ2v) is 2.87. The van der Waals surface area contributed by atoms with Gasteiger partial charge in [0.15, 0.2) is 0 Å². The van der Waals surface area contributed by atoms with Gasteiger partial charge in [0.2, 0.25) is 0 Å². The van der Waals surface area contributed by atoms with E-state index in [2.05, 4.69) is 0 Å². The van der Waals surface area contributed by atoms with Crippen LogP contribution in [0.5, 0.6) is 0 Å². The molecule has 0 fully saturated rings. The topological polar surface area (TPSA) is 76.0 Å². The van der Waals surface area contributed by atoms with Crippen LogP contribution in [0.3, 0.4) is 0 Å². The van der Waals surface area contributed by atoms with Crippen molar-refractivity contribution in [3.05, 3.63) is 0 Å². The maximum atomic E-state index is 12.0. The smallest absolute Gasteiger partial charge is 1.00 e. The quantitative estimate of drug-likeness (QED) is 0.351. The summed E-state index contributed by atoms with van der Waals surface area (Å²) >= 11 is -3.89. The van der Waals surface area contributed by atoms with Gasteiger partial charge in [-0.3, -0.25) is 4.21 Å². The standard InChI is InChI=1S/C4H2F6N2O2S.Li.H/c5-3(6,7)2(1-11,4(8,9)10)12-15(13)14;;/h12H,(H,13,14);;/q;+1;-1/p-1. The molecule has 0 amide bonds. The van der Waals surface area contributed by atoms with Crippen LogP contribution in [-0.4, -0.2) is 26.7 Å². The SMILES string of the molecule is N#CC(NS(=O)[O-])(C(F)(F)F)C(F)(F)F.[H-].[Li+]. The van der Waals surface area contributed by atoms with Gasteiger partial charge in [-0.1, -0.05) is 0 Å². The number of rotatable bonds is 2. The van der Waals surface area contributed by atoms with E-state index in [9.17, 15) is 35.1 Å². The molecule has 0 aromatic rings. The van der Waals surface area contributed by atoms with Crippen molar-refractivity contribution in [2.24, 2.45) is 0 Å². The van der Waals surface area contributed by atoms with E-state index in [0.717, 1.165) is 0 Å². The van der Waals surface area contributed by atoms with Crippen molar-refractivity contribution in [2.75, 3.05) is 0 Å². The summed E-state index contributed by atoms with van der Waals surface area (Å²) in [5.74, 6) is 0. The Bertz CT molecular complexity index is 301. The molecule has 0 aromatic carbocycles. The van der Waals surface area contributed by atoms with Crippen molar-refractivity contribution in [1.29, 1.82) is 5.26 Å². The summed E-state index contributed by atoms with van der Waals surface area (Å²) in [7, 11) is 0.